The Balaban J connectivity index is 0.00000144. The monoisotopic (exact) mass is 288 g/mol. The Kier molecular flexibility index (Phi) is 4.16. The standard InChI is InChI=1S/C18H20BNO.B/c1-19-20-14-8-13-17(20)18(21-19,15-9-4-2-5-10-15)16-11-6-3-7-12-16;/h2-7,9-12,17H,8,13-14H2,1H3;. The van der Waals surface area contributed by atoms with Gasteiger partial charge in [-0.2, -0.15) is 0 Å². The van der Waals surface area contributed by atoms with E-state index in [9.17, 15) is 0 Å². The van der Waals surface area contributed by atoms with Crippen LogP contribution in [0.2, 0.25) is 6.82 Å². The van der Waals surface area contributed by atoms with Crippen LogP contribution in [0.4, 0.5) is 0 Å². The summed E-state index contributed by atoms with van der Waals surface area (Å²) >= 11 is 0. The first kappa shape index (κ1) is 15.4. The van der Waals surface area contributed by atoms with Gasteiger partial charge in [-0.25, -0.2) is 0 Å². The minimum absolute atomic E-state index is 0. The molecule has 1 unspecified atom stereocenters. The van der Waals surface area contributed by atoms with Gasteiger partial charge in [-0.1, -0.05) is 60.7 Å². The van der Waals surface area contributed by atoms with Crippen LogP contribution in [0, 0.1) is 0 Å². The summed E-state index contributed by atoms with van der Waals surface area (Å²) in [6, 6.07) is 21.9. The highest BCUT2D eigenvalue weighted by Crippen LogP contribution is 2.48. The summed E-state index contributed by atoms with van der Waals surface area (Å²) in [7, 11) is 0.179. The topological polar surface area (TPSA) is 12.5 Å². The van der Waals surface area contributed by atoms with E-state index in [1.54, 1.807) is 0 Å². The van der Waals surface area contributed by atoms with Gasteiger partial charge in [0, 0.05) is 14.5 Å². The van der Waals surface area contributed by atoms with Crippen LogP contribution in [0.3, 0.4) is 0 Å². The van der Waals surface area contributed by atoms with Crippen molar-refractivity contribution >= 4 is 15.5 Å². The van der Waals surface area contributed by atoms with Crippen LogP contribution in [-0.4, -0.2) is 32.9 Å². The molecule has 2 nitrogen and oxygen atoms in total. The van der Waals surface area contributed by atoms with E-state index in [1.807, 2.05) is 0 Å². The predicted octanol–water partition coefficient (Wildman–Crippen LogP) is 3.16. The van der Waals surface area contributed by atoms with Gasteiger partial charge in [0.05, 0.1) is 0 Å². The average molecular weight is 288 g/mol. The molecule has 2 aromatic rings. The highest BCUT2D eigenvalue weighted by Gasteiger charge is 2.56. The van der Waals surface area contributed by atoms with Gasteiger partial charge >= 0.3 is 7.05 Å². The summed E-state index contributed by atoms with van der Waals surface area (Å²) in [5.41, 5.74) is 2.23. The number of fused-ring (bicyclic) bond motifs is 1. The lowest BCUT2D eigenvalue weighted by Crippen LogP contribution is -2.41. The third-order valence-electron chi connectivity index (χ3n) is 4.99. The lowest BCUT2D eigenvalue weighted by atomic mass is 9.79. The third kappa shape index (κ3) is 2.13. The summed E-state index contributed by atoms with van der Waals surface area (Å²) in [5.74, 6) is 0. The fraction of sp³-hybridized carbons (Fsp3) is 0.333. The van der Waals surface area contributed by atoms with Gasteiger partial charge < -0.3 is 9.47 Å². The van der Waals surface area contributed by atoms with Crippen molar-refractivity contribution in [3.63, 3.8) is 0 Å². The highest BCUT2D eigenvalue weighted by atomic mass is 16.5. The smallest absolute Gasteiger partial charge is 0.380 e. The maximum atomic E-state index is 6.61. The molecule has 2 aliphatic rings. The molecule has 0 aliphatic carbocycles. The summed E-state index contributed by atoms with van der Waals surface area (Å²) in [6.45, 7) is 3.33. The normalized spacial score (nSPS) is 23.1. The van der Waals surface area contributed by atoms with Crippen molar-refractivity contribution in [2.45, 2.75) is 31.3 Å². The summed E-state index contributed by atoms with van der Waals surface area (Å²) in [6.07, 6.45) is 2.47. The first-order chi connectivity index (χ1) is 10.3. The molecule has 4 heteroatoms. The molecule has 2 aromatic carbocycles. The van der Waals surface area contributed by atoms with Crippen molar-refractivity contribution in [2.75, 3.05) is 6.54 Å². The van der Waals surface area contributed by atoms with Gasteiger partial charge in [-0.3, -0.25) is 0 Å². The second kappa shape index (κ2) is 5.94. The molecule has 2 aliphatic heterocycles. The molecule has 0 amide bonds. The van der Waals surface area contributed by atoms with E-state index in [1.165, 1.54) is 24.0 Å². The molecule has 0 N–H and O–H groups in total. The maximum Gasteiger partial charge on any atom is 0.380 e. The Labute approximate surface area is 135 Å². The van der Waals surface area contributed by atoms with Gasteiger partial charge in [0.25, 0.3) is 0 Å². The third-order valence-corrected chi connectivity index (χ3v) is 4.99. The predicted molar refractivity (Wildman–Crippen MR) is 91.8 cm³/mol. The first-order valence-corrected chi connectivity index (χ1v) is 7.87. The molecule has 109 valence electrons. The second-order valence-corrected chi connectivity index (χ2v) is 6.08. The van der Waals surface area contributed by atoms with Crippen molar-refractivity contribution < 1.29 is 4.65 Å². The summed E-state index contributed by atoms with van der Waals surface area (Å²) < 4.78 is 6.61. The molecule has 1 atom stereocenters. The molecule has 0 aromatic heterocycles. The van der Waals surface area contributed by atoms with E-state index in [2.05, 4.69) is 72.3 Å². The second-order valence-electron chi connectivity index (χ2n) is 6.08. The van der Waals surface area contributed by atoms with Crippen molar-refractivity contribution in [1.29, 1.82) is 0 Å². The van der Waals surface area contributed by atoms with E-state index in [0.29, 0.717) is 6.04 Å². The van der Waals surface area contributed by atoms with Gasteiger partial charge in [0.1, 0.15) is 5.60 Å². The van der Waals surface area contributed by atoms with Crippen LogP contribution in [0.5, 0.6) is 0 Å². The molecule has 0 spiro atoms. The molecule has 0 bridgehead atoms. The van der Waals surface area contributed by atoms with Crippen LogP contribution in [0.25, 0.3) is 0 Å². The molecule has 4 rings (SSSR count). The Morgan fingerprint density at radius 2 is 1.55 bits per heavy atom. The zero-order chi connectivity index (χ0) is 14.3. The number of hydrogen-bond acceptors (Lipinski definition) is 2. The van der Waals surface area contributed by atoms with E-state index >= 15 is 0 Å². The van der Waals surface area contributed by atoms with E-state index in [-0.39, 0.29) is 21.1 Å². The quantitative estimate of drug-likeness (QED) is 0.787. The Morgan fingerprint density at radius 1 is 1.00 bits per heavy atom. The SMILES string of the molecule is CB1OC(c2ccccc2)(c2ccccc2)C2CCCN12.[B]. The minimum Gasteiger partial charge on any atom is -0.406 e. The molecular formula is C18H20B2NO. The maximum absolute atomic E-state index is 6.61. The number of rotatable bonds is 2. The van der Waals surface area contributed by atoms with E-state index in [0.717, 1.165) is 6.54 Å². The average Bonchev–Trinajstić information content (AvgIpc) is 3.13. The Hall–Kier alpha value is -1.51. The fourth-order valence-corrected chi connectivity index (χ4v) is 4.14. The number of hydrogen-bond donors (Lipinski definition) is 0. The van der Waals surface area contributed by atoms with Crippen LogP contribution in [0.1, 0.15) is 24.0 Å². The molecule has 2 saturated heterocycles. The van der Waals surface area contributed by atoms with Crippen molar-refractivity contribution in [1.82, 2.24) is 4.81 Å². The van der Waals surface area contributed by atoms with Crippen LogP contribution in [-0.2, 0) is 10.3 Å². The Morgan fingerprint density at radius 3 is 2.09 bits per heavy atom. The molecular weight excluding hydrogens is 268 g/mol. The van der Waals surface area contributed by atoms with Crippen LogP contribution in [0.15, 0.2) is 60.7 Å². The zero-order valence-electron chi connectivity index (χ0n) is 13.0. The van der Waals surface area contributed by atoms with Gasteiger partial charge in [-0.05, 0) is 37.3 Å². The lowest BCUT2D eigenvalue weighted by Gasteiger charge is -2.36. The van der Waals surface area contributed by atoms with Crippen molar-refractivity contribution in [2.24, 2.45) is 0 Å². The number of nitrogens with zero attached hydrogens (tertiary/aromatic N) is 1. The van der Waals surface area contributed by atoms with Gasteiger partial charge in [-0.15, -0.1) is 0 Å². The molecule has 2 heterocycles. The van der Waals surface area contributed by atoms with Crippen molar-refractivity contribution in [3.8, 4) is 0 Å². The van der Waals surface area contributed by atoms with E-state index < -0.39 is 0 Å². The van der Waals surface area contributed by atoms with Gasteiger partial charge in [0.15, 0.2) is 0 Å². The lowest BCUT2D eigenvalue weighted by molar-refractivity contribution is 0.106. The zero-order valence-corrected chi connectivity index (χ0v) is 13.0. The molecule has 22 heavy (non-hydrogen) atoms. The highest BCUT2D eigenvalue weighted by molar-refractivity contribution is 6.48. The minimum atomic E-state index is -0.321. The molecule has 0 saturated carbocycles. The molecule has 2 fully saturated rings. The fourth-order valence-electron chi connectivity index (χ4n) is 4.14. The van der Waals surface area contributed by atoms with E-state index in [4.69, 9.17) is 4.65 Å². The van der Waals surface area contributed by atoms with Crippen LogP contribution < -0.4 is 0 Å². The number of benzene rings is 2. The first-order valence-electron chi connectivity index (χ1n) is 7.87. The summed E-state index contributed by atoms with van der Waals surface area (Å²) in [4.78, 5) is 2.53. The van der Waals surface area contributed by atoms with Crippen molar-refractivity contribution in [3.05, 3.63) is 71.8 Å². The molecule has 3 radical (unpaired) electrons. The summed E-state index contributed by atoms with van der Waals surface area (Å²) in [5, 5.41) is 0. The largest absolute Gasteiger partial charge is 0.406 e. The van der Waals surface area contributed by atoms with Crippen LogP contribution >= 0.6 is 0 Å². The van der Waals surface area contributed by atoms with Gasteiger partial charge in [0.2, 0.25) is 0 Å². The Bertz CT molecular complexity index is 580.